The first-order valence-electron chi connectivity index (χ1n) is 7.25. The quantitative estimate of drug-likeness (QED) is 0.905. The SMILES string of the molecule is NCc1ccc(C(F)(F)F)nc1N1CCN2CCCC2C1. The van der Waals surface area contributed by atoms with Crippen LogP contribution in [0.15, 0.2) is 12.1 Å². The lowest BCUT2D eigenvalue weighted by Crippen LogP contribution is -2.50. The Bertz CT molecular complexity index is 517. The van der Waals surface area contributed by atoms with Crippen LogP contribution in [0.4, 0.5) is 19.0 Å². The molecule has 0 aromatic carbocycles. The summed E-state index contributed by atoms with van der Waals surface area (Å²) >= 11 is 0. The second kappa shape index (κ2) is 5.46. The van der Waals surface area contributed by atoms with Crippen molar-refractivity contribution in [3.8, 4) is 0 Å². The third-order valence-corrected chi connectivity index (χ3v) is 4.35. The first-order chi connectivity index (χ1) is 9.99. The summed E-state index contributed by atoms with van der Waals surface area (Å²) in [6, 6.07) is 2.89. The summed E-state index contributed by atoms with van der Waals surface area (Å²) < 4.78 is 38.6. The van der Waals surface area contributed by atoms with Gasteiger partial charge < -0.3 is 10.6 Å². The number of nitrogens with zero attached hydrogens (tertiary/aromatic N) is 3. The van der Waals surface area contributed by atoms with E-state index in [1.54, 1.807) is 0 Å². The molecule has 0 saturated carbocycles. The molecule has 0 bridgehead atoms. The zero-order valence-electron chi connectivity index (χ0n) is 11.7. The van der Waals surface area contributed by atoms with Gasteiger partial charge in [0.15, 0.2) is 0 Å². The normalized spacial score (nSPS) is 23.4. The predicted octanol–water partition coefficient (Wildman–Crippen LogP) is 1.84. The molecule has 3 rings (SSSR count). The highest BCUT2D eigenvalue weighted by atomic mass is 19.4. The molecule has 116 valence electrons. The van der Waals surface area contributed by atoms with Gasteiger partial charge in [-0.2, -0.15) is 13.2 Å². The number of piperazine rings is 1. The first-order valence-corrected chi connectivity index (χ1v) is 7.25. The molecule has 2 aliphatic rings. The second-order valence-corrected chi connectivity index (χ2v) is 5.66. The van der Waals surface area contributed by atoms with Gasteiger partial charge in [0.1, 0.15) is 11.5 Å². The van der Waals surface area contributed by atoms with Crippen LogP contribution in [0.1, 0.15) is 24.1 Å². The highest BCUT2D eigenvalue weighted by molar-refractivity contribution is 5.49. The topological polar surface area (TPSA) is 45.4 Å². The van der Waals surface area contributed by atoms with Crippen LogP contribution in [0.25, 0.3) is 0 Å². The maximum absolute atomic E-state index is 12.9. The number of alkyl halides is 3. The van der Waals surface area contributed by atoms with Crippen LogP contribution in [0.3, 0.4) is 0 Å². The standard InChI is InChI=1S/C14H19F3N4/c15-14(16,17)12-4-3-10(8-18)13(19-12)21-7-6-20-5-1-2-11(20)9-21/h3-4,11H,1-2,5-9,18H2. The van der Waals surface area contributed by atoms with Gasteiger partial charge in [-0.15, -0.1) is 0 Å². The van der Waals surface area contributed by atoms with Crippen LogP contribution in [0, 0.1) is 0 Å². The number of fused-ring (bicyclic) bond motifs is 1. The lowest BCUT2D eigenvalue weighted by molar-refractivity contribution is -0.141. The lowest BCUT2D eigenvalue weighted by atomic mass is 10.1. The molecule has 0 radical (unpaired) electrons. The molecule has 2 aliphatic heterocycles. The van der Waals surface area contributed by atoms with Crippen molar-refractivity contribution in [2.75, 3.05) is 31.1 Å². The van der Waals surface area contributed by atoms with E-state index < -0.39 is 11.9 Å². The van der Waals surface area contributed by atoms with Crippen LogP contribution < -0.4 is 10.6 Å². The minimum atomic E-state index is -4.42. The smallest absolute Gasteiger partial charge is 0.353 e. The number of hydrogen-bond acceptors (Lipinski definition) is 4. The molecule has 0 amide bonds. The van der Waals surface area contributed by atoms with Crippen molar-refractivity contribution in [3.63, 3.8) is 0 Å². The van der Waals surface area contributed by atoms with Crippen LogP contribution in [0.5, 0.6) is 0 Å². The molecule has 3 heterocycles. The summed E-state index contributed by atoms with van der Waals surface area (Å²) in [5.41, 5.74) is 5.50. The highest BCUT2D eigenvalue weighted by Gasteiger charge is 2.35. The minimum absolute atomic E-state index is 0.200. The van der Waals surface area contributed by atoms with E-state index in [0.717, 1.165) is 38.5 Å². The van der Waals surface area contributed by atoms with E-state index in [1.807, 2.05) is 4.90 Å². The third-order valence-electron chi connectivity index (χ3n) is 4.35. The van der Waals surface area contributed by atoms with E-state index in [-0.39, 0.29) is 6.54 Å². The van der Waals surface area contributed by atoms with Crippen molar-refractivity contribution in [2.45, 2.75) is 31.6 Å². The van der Waals surface area contributed by atoms with Crippen molar-refractivity contribution in [1.29, 1.82) is 0 Å². The molecule has 1 aromatic rings. The summed E-state index contributed by atoms with van der Waals surface area (Å²) in [6.45, 7) is 3.62. The molecule has 21 heavy (non-hydrogen) atoms. The van der Waals surface area contributed by atoms with E-state index in [0.29, 0.717) is 24.0 Å². The Morgan fingerprint density at radius 1 is 1.24 bits per heavy atom. The number of nitrogens with two attached hydrogens (primary N) is 1. The Balaban J connectivity index is 1.89. The Hall–Kier alpha value is -1.34. The zero-order chi connectivity index (χ0) is 15.0. The van der Waals surface area contributed by atoms with Crippen LogP contribution in [0.2, 0.25) is 0 Å². The fourth-order valence-electron chi connectivity index (χ4n) is 3.25. The summed E-state index contributed by atoms with van der Waals surface area (Å²) in [5.74, 6) is 0.402. The molecule has 7 heteroatoms. The van der Waals surface area contributed by atoms with Gasteiger partial charge in [0.2, 0.25) is 0 Å². The van der Waals surface area contributed by atoms with Crippen LogP contribution in [-0.4, -0.2) is 42.1 Å². The molecule has 0 spiro atoms. The summed E-state index contributed by atoms with van der Waals surface area (Å²) in [4.78, 5) is 8.23. The van der Waals surface area contributed by atoms with Gasteiger partial charge in [-0.05, 0) is 25.5 Å². The molecule has 0 aliphatic carbocycles. The number of aromatic nitrogens is 1. The monoisotopic (exact) mass is 300 g/mol. The third kappa shape index (κ3) is 2.85. The summed E-state index contributed by atoms with van der Waals surface area (Å²) in [5, 5.41) is 0. The molecule has 1 aromatic heterocycles. The van der Waals surface area contributed by atoms with Crippen molar-refractivity contribution >= 4 is 5.82 Å². The molecule has 4 nitrogen and oxygen atoms in total. The Kier molecular flexibility index (Phi) is 3.79. The minimum Gasteiger partial charge on any atom is -0.353 e. The maximum Gasteiger partial charge on any atom is 0.433 e. The Labute approximate surface area is 121 Å². The molecular formula is C14H19F3N4. The second-order valence-electron chi connectivity index (χ2n) is 5.66. The molecule has 1 unspecified atom stereocenters. The van der Waals surface area contributed by atoms with E-state index in [2.05, 4.69) is 9.88 Å². The van der Waals surface area contributed by atoms with E-state index in [1.165, 1.54) is 6.07 Å². The fraction of sp³-hybridized carbons (Fsp3) is 0.643. The molecule has 2 saturated heterocycles. The van der Waals surface area contributed by atoms with Crippen molar-refractivity contribution in [1.82, 2.24) is 9.88 Å². The van der Waals surface area contributed by atoms with Gasteiger partial charge in [0.05, 0.1) is 0 Å². The highest BCUT2D eigenvalue weighted by Crippen LogP contribution is 2.32. The maximum atomic E-state index is 12.9. The summed E-state index contributed by atoms with van der Waals surface area (Å²) in [7, 11) is 0. The van der Waals surface area contributed by atoms with Gasteiger partial charge in [-0.3, -0.25) is 4.90 Å². The molecule has 1 atom stereocenters. The molecular weight excluding hydrogens is 281 g/mol. The van der Waals surface area contributed by atoms with Gasteiger partial charge in [-0.1, -0.05) is 6.07 Å². The van der Waals surface area contributed by atoms with E-state index >= 15 is 0 Å². The van der Waals surface area contributed by atoms with Crippen LogP contribution in [-0.2, 0) is 12.7 Å². The molecule has 2 fully saturated rings. The van der Waals surface area contributed by atoms with Crippen molar-refractivity contribution in [2.24, 2.45) is 5.73 Å². The number of pyridine rings is 1. The van der Waals surface area contributed by atoms with Crippen LogP contribution >= 0.6 is 0 Å². The fourth-order valence-corrected chi connectivity index (χ4v) is 3.25. The van der Waals surface area contributed by atoms with Gasteiger partial charge >= 0.3 is 6.18 Å². The van der Waals surface area contributed by atoms with Gasteiger partial charge in [-0.25, -0.2) is 4.98 Å². The van der Waals surface area contributed by atoms with E-state index in [9.17, 15) is 13.2 Å². The average molecular weight is 300 g/mol. The predicted molar refractivity (Wildman–Crippen MR) is 73.9 cm³/mol. The molecule has 2 N–H and O–H groups in total. The van der Waals surface area contributed by atoms with Crippen molar-refractivity contribution in [3.05, 3.63) is 23.4 Å². The average Bonchev–Trinajstić information content (AvgIpc) is 2.93. The first kappa shape index (κ1) is 14.6. The Morgan fingerprint density at radius 3 is 2.76 bits per heavy atom. The number of hydrogen-bond donors (Lipinski definition) is 1. The number of rotatable bonds is 2. The summed E-state index contributed by atoms with van der Waals surface area (Å²) in [6.07, 6.45) is -2.15. The number of halogens is 3. The zero-order valence-corrected chi connectivity index (χ0v) is 11.7. The Morgan fingerprint density at radius 2 is 2.05 bits per heavy atom. The van der Waals surface area contributed by atoms with E-state index in [4.69, 9.17) is 5.73 Å². The van der Waals surface area contributed by atoms with Gasteiger partial charge in [0, 0.05) is 37.8 Å². The van der Waals surface area contributed by atoms with Crippen molar-refractivity contribution < 1.29 is 13.2 Å². The lowest BCUT2D eigenvalue weighted by Gasteiger charge is -2.39. The van der Waals surface area contributed by atoms with Gasteiger partial charge in [0.25, 0.3) is 0 Å². The number of anilines is 1. The largest absolute Gasteiger partial charge is 0.433 e.